The summed E-state index contributed by atoms with van der Waals surface area (Å²) in [4.78, 5) is 12.8. The van der Waals surface area contributed by atoms with Crippen LogP contribution in [0, 0.1) is 17.6 Å². The first-order valence-corrected chi connectivity index (χ1v) is 8.25. The quantitative estimate of drug-likeness (QED) is 0.889. The Bertz CT molecular complexity index is 787. The number of nitrogens with one attached hydrogen (secondary N) is 2. The molecule has 7 heteroatoms. The Hall–Kier alpha value is -2.28. The molecule has 1 fully saturated rings. The summed E-state index contributed by atoms with van der Waals surface area (Å²) in [5, 5.41) is 10.4. The number of aryl methyl sites for hydroxylation is 1. The second kappa shape index (κ2) is 6.55. The maximum atomic E-state index is 13.5. The molecule has 0 radical (unpaired) electrons. The van der Waals surface area contributed by atoms with Gasteiger partial charge >= 0.3 is 0 Å². The smallest absolute Gasteiger partial charge is 0.225 e. The topological polar surface area (TPSA) is 59.0 Å². The monoisotopic (exact) mass is 348 g/mol. The minimum absolute atomic E-state index is 0.0365. The number of aromatic nitrogens is 2. The average molecular weight is 348 g/mol. The van der Waals surface area contributed by atoms with Gasteiger partial charge in [0.1, 0.15) is 0 Å². The van der Waals surface area contributed by atoms with E-state index in [0.29, 0.717) is 18.7 Å². The van der Waals surface area contributed by atoms with Gasteiger partial charge in [0.25, 0.3) is 0 Å². The van der Waals surface area contributed by atoms with Crippen molar-refractivity contribution in [2.24, 2.45) is 13.0 Å². The van der Waals surface area contributed by atoms with Gasteiger partial charge < -0.3 is 10.6 Å². The lowest BCUT2D eigenvalue weighted by Gasteiger charge is -2.29. The Balaban J connectivity index is 1.77. The second-order valence-electron chi connectivity index (χ2n) is 7.06. The highest BCUT2D eigenvalue weighted by Gasteiger charge is 2.37. The predicted molar refractivity (Wildman–Crippen MR) is 89.8 cm³/mol. The van der Waals surface area contributed by atoms with Gasteiger partial charge in [0.15, 0.2) is 11.6 Å². The van der Waals surface area contributed by atoms with Gasteiger partial charge in [-0.3, -0.25) is 9.48 Å². The molecule has 1 aliphatic heterocycles. The van der Waals surface area contributed by atoms with Crippen molar-refractivity contribution in [3.63, 3.8) is 0 Å². The SMILES string of the molecule is Cn1cc([C@H]2CNC[C@@H]2C(=O)NC(C)(C)c2ccc(F)c(F)c2)cn1. The second-order valence-corrected chi connectivity index (χ2v) is 7.06. The summed E-state index contributed by atoms with van der Waals surface area (Å²) >= 11 is 0. The molecule has 1 amide bonds. The molecular weight excluding hydrogens is 326 g/mol. The lowest BCUT2D eigenvalue weighted by atomic mass is 9.88. The van der Waals surface area contributed by atoms with Crippen molar-refractivity contribution < 1.29 is 13.6 Å². The van der Waals surface area contributed by atoms with Crippen LogP contribution in [0.2, 0.25) is 0 Å². The number of nitrogens with zero attached hydrogens (tertiary/aromatic N) is 2. The molecule has 25 heavy (non-hydrogen) atoms. The molecule has 1 aromatic heterocycles. The molecule has 3 rings (SSSR count). The molecule has 2 N–H and O–H groups in total. The van der Waals surface area contributed by atoms with E-state index in [9.17, 15) is 13.6 Å². The lowest BCUT2D eigenvalue weighted by Crippen LogP contribution is -2.45. The van der Waals surface area contributed by atoms with Crippen LogP contribution in [0.4, 0.5) is 8.78 Å². The number of carbonyl (C=O) groups is 1. The molecule has 1 aliphatic rings. The minimum Gasteiger partial charge on any atom is -0.347 e. The first-order chi connectivity index (χ1) is 11.8. The normalized spacial score (nSPS) is 20.7. The van der Waals surface area contributed by atoms with Gasteiger partial charge in [-0.1, -0.05) is 6.07 Å². The summed E-state index contributed by atoms with van der Waals surface area (Å²) in [7, 11) is 1.84. The predicted octanol–water partition coefficient (Wildman–Crippen LogP) is 2.05. The van der Waals surface area contributed by atoms with E-state index in [1.807, 2.05) is 13.2 Å². The summed E-state index contributed by atoms with van der Waals surface area (Å²) in [5.74, 6) is -2.14. The number of amides is 1. The van der Waals surface area contributed by atoms with Crippen LogP contribution in [0.15, 0.2) is 30.6 Å². The third-order valence-electron chi connectivity index (χ3n) is 4.78. The maximum Gasteiger partial charge on any atom is 0.225 e. The fourth-order valence-electron chi connectivity index (χ4n) is 3.29. The summed E-state index contributed by atoms with van der Waals surface area (Å²) in [5.41, 5.74) is 0.718. The number of hydrogen-bond donors (Lipinski definition) is 2. The molecule has 2 heterocycles. The average Bonchev–Trinajstić information content (AvgIpc) is 3.17. The maximum absolute atomic E-state index is 13.5. The van der Waals surface area contributed by atoms with E-state index in [1.54, 1.807) is 24.7 Å². The highest BCUT2D eigenvalue weighted by Crippen LogP contribution is 2.30. The summed E-state index contributed by atoms with van der Waals surface area (Å²) in [6.07, 6.45) is 3.69. The fraction of sp³-hybridized carbons (Fsp3) is 0.444. The summed E-state index contributed by atoms with van der Waals surface area (Å²) < 4.78 is 28.4. The molecule has 2 aromatic rings. The van der Waals surface area contributed by atoms with Gasteiger partial charge in [-0.2, -0.15) is 5.10 Å². The lowest BCUT2D eigenvalue weighted by molar-refractivity contribution is -0.126. The van der Waals surface area contributed by atoms with Crippen LogP contribution in [0.25, 0.3) is 0 Å². The van der Waals surface area contributed by atoms with Crippen LogP contribution in [0.3, 0.4) is 0 Å². The van der Waals surface area contributed by atoms with Crippen LogP contribution >= 0.6 is 0 Å². The van der Waals surface area contributed by atoms with E-state index in [2.05, 4.69) is 15.7 Å². The van der Waals surface area contributed by atoms with Crippen LogP contribution in [-0.4, -0.2) is 28.8 Å². The zero-order chi connectivity index (χ0) is 18.2. The molecule has 1 aromatic carbocycles. The fourth-order valence-corrected chi connectivity index (χ4v) is 3.29. The molecular formula is C18H22F2N4O. The third kappa shape index (κ3) is 3.56. The van der Waals surface area contributed by atoms with Crippen molar-refractivity contribution in [3.05, 3.63) is 53.4 Å². The van der Waals surface area contributed by atoms with Gasteiger partial charge in [0, 0.05) is 32.3 Å². The molecule has 1 saturated heterocycles. The minimum atomic E-state index is -0.921. The van der Waals surface area contributed by atoms with Crippen LogP contribution in [0.5, 0.6) is 0 Å². The first kappa shape index (κ1) is 17.5. The molecule has 5 nitrogen and oxygen atoms in total. The van der Waals surface area contributed by atoms with Crippen molar-refractivity contribution >= 4 is 5.91 Å². The van der Waals surface area contributed by atoms with Crippen molar-refractivity contribution in [2.45, 2.75) is 25.3 Å². The van der Waals surface area contributed by atoms with Gasteiger partial charge in [0.2, 0.25) is 5.91 Å². The Morgan fingerprint density at radius 1 is 1.32 bits per heavy atom. The van der Waals surface area contributed by atoms with E-state index >= 15 is 0 Å². The largest absolute Gasteiger partial charge is 0.347 e. The van der Waals surface area contributed by atoms with Crippen LogP contribution in [-0.2, 0) is 17.4 Å². The molecule has 2 atom stereocenters. The van der Waals surface area contributed by atoms with E-state index in [-0.39, 0.29) is 17.7 Å². The van der Waals surface area contributed by atoms with E-state index < -0.39 is 17.2 Å². The number of halogens is 2. The van der Waals surface area contributed by atoms with Gasteiger partial charge in [-0.25, -0.2) is 8.78 Å². The number of rotatable bonds is 4. The van der Waals surface area contributed by atoms with Gasteiger partial charge in [-0.05, 0) is 37.1 Å². The summed E-state index contributed by atoms with van der Waals surface area (Å²) in [6.45, 7) is 4.83. The highest BCUT2D eigenvalue weighted by molar-refractivity contribution is 5.81. The molecule has 0 bridgehead atoms. The van der Waals surface area contributed by atoms with Gasteiger partial charge in [-0.15, -0.1) is 0 Å². The first-order valence-electron chi connectivity index (χ1n) is 8.25. The number of carbonyl (C=O) groups excluding carboxylic acids is 1. The Morgan fingerprint density at radius 2 is 2.08 bits per heavy atom. The number of benzene rings is 1. The van der Waals surface area contributed by atoms with Crippen LogP contribution < -0.4 is 10.6 Å². The highest BCUT2D eigenvalue weighted by atomic mass is 19.2. The van der Waals surface area contributed by atoms with Crippen molar-refractivity contribution in [1.29, 1.82) is 0 Å². The van der Waals surface area contributed by atoms with Crippen molar-refractivity contribution in [2.75, 3.05) is 13.1 Å². The zero-order valence-electron chi connectivity index (χ0n) is 14.5. The Labute approximate surface area is 145 Å². The molecule has 0 saturated carbocycles. The molecule has 0 spiro atoms. The molecule has 134 valence electrons. The Kier molecular flexibility index (Phi) is 4.60. The standard InChI is InChI=1S/C18H22F2N4O/c1-18(2,12-4-5-15(19)16(20)6-12)23-17(25)14-9-21-8-13(14)11-7-22-24(3)10-11/h4-7,10,13-14,21H,8-9H2,1-3H3,(H,23,25)/t13-,14+/m1/s1. The summed E-state index contributed by atoms with van der Waals surface area (Å²) in [6, 6.07) is 3.69. The molecule has 0 unspecified atom stereocenters. The third-order valence-corrected chi connectivity index (χ3v) is 4.78. The van der Waals surface area contributed by atoms with E-state index in [1.165, 1.54) is 6.07 Å². The van der Waals surface area contributed by atoms with Crippen molar-refractivity contribution in [3.8, 4) is 0 Å². The van der Waals surface area contributed by atoms with E-state index in [0.717, 1.165) is 17.7 Å². The zero-order valence-corrected chi connectivity index (χ0v) is 14.5. The number of hydrogen-bond acceptors (Lipinski definition) is 3. The van der Waals surface area contributed by atoms with Gasteiger partial charge in [0.05, 0.1) is 17.7 Å². The van der Waals surface area contributed by atoms with E-state index in [4.69, 9.17) is 0 Å². The van der Waals surface area contributed by atoms with Crippen molar-refractivity contribution in [1.82, 2.24) is 20.4 Å². The Morgan fingerprint density at radius 3 is 2.72 bits per heavy atom. The molecule has 0 aliphatic carbocycles. The van der Waals surface area contributed by atoms with Crippen LogP contribution in [0.1, 0.15) is 30.9 Å².